The summed E-state index contributed by atoms with van der Waals surface area (Å²) in [6.45, 7) is 4.82. The molecular weight excluding hydrogens is 568 g/mol. The summed E-state index contributed by atoms with van der Waals surface area (Å²) in [7, 11) is -3.96. The van der Waals surface area contributed by atoms with E-state index in [0.29, 0.717) is 22.0 Å². The molecule has 0 aliphatic heterocycles. The molecule has 0 aromatic heterocycles. The van der Waals surface area contributed by atoms with Gasteiger partial charge in [-0.3, -0.25) is 13.9 Å². The van der Waals surface area contributed by atoms with E-state index < -0.39 is 28.5 Å². The van der Waals surface area contributed by atoms with Crippen molar-refractivity contribution in [3.63, 3.8) is 0 Å². The zero-order valence-electron chi connectivity index (χ0n) is 20.4. The first kappa shape index (κ1) is 30.5. The highest BCUT2D eigenvalue weighted by Gasteiger charge is 2.33. The third-order valence-corrected chi connectivity index (χ3v) is 8.02. The Bertz CT molecular complexity index is 1190. The summed E-state index contributed by atoms with van der Waals surface area (Å²) in [5.41, 5.74) is 0.489. The summed E-state index contributed by atoms with van der Waals surface area (Å²) in [6, 6.07) is 8.20. The SMILES string of the molecule is CCC(C)NC(=O)C(CC)N(Cc1c(Cl)cccc1Cl)C(=O)CN(c1cc(Cl)ccc1Cl)S(C)(=O)=O. The van der Waals surface area contributed by atoms with Gasteiger partial charge in [-0.2, -0.15) is 0 Å². The molecule has 0 spiro atoms. The van der Waals surface area contributed by atoms with E-state index in [9.17, 15) is 18.0 Å². The summed E-state index contributed by atoms with van der Waals surface area (Å²) in [5, 5.41) is 3.87. The smallest absolute Gasteiger partial charge is 0.244 e. The highest BCUT2D eigenvalue weighted by Crippen LogP contribution is 2.32. The Kier molecular flexibility index (Phi) is 11.2. The van der Waals surface area contributed by atoms with Crippen molar-refractivity contribution < 1.29 is 18.0 Å². The van der Waals surface area contributed by atoms with Gasteiger partial charge in [-0.25, -0.2) is 8.42 Å². The molecule has 2 unspecified atom stereocenters. The fourth-order valence-corrected chi connectivity index (χ4v) is 5.29. The first-order chi connectivity index (χ1) is 16.8. The second kappa shape index (κ2) is 13.2. The van der Waals surface area contributed by atoms with Crippen molar-refractivity contribution >= 4 is 73.9 Å². The maximum absolute atomic E-state index is 13.7. The summed E-state index contributed by atoms with van der Waals surface area (Å²) in [4.78, 5) is 28.2. The van der Waals surface area contributed by atoms with Gasteiger partial charge in [0.05, 0.1) is 17.0 Å². The molecule has 2 aromatic rings. The number of rotatable bonds is 11. The third-order valence-electron chi connectivity index (χ3n) is 5.63. The second-order valence-corrected chi connectivity index (χ2v) is 11.9. The molecule has 0 aliphatic carbocycles. The molecule has 0 saturated heterocycles. The molecular formula is C24H29Cl4N3O4S. The van der Waals surface area contributed by atoms with Crippen molar-refractivity contribution in [2.45, 2.75) is 52.2 Å². The number of hydrogen-bond donors (Lipinski definition) is 1. The monoisotopic (exact) mass is 595 g/mol. The molecule has 0 heterocycles. The van der Waals surface area contributed by atoms with Gasteiger partial charge in [-0.05, 0) is 50.1 Å². The van der Waals surface area contributed by atoms with Crippen molar-refractivity contribution in [1.29, 1.82) is 0 Å². The number of sulfonamides is 1. The lowest BCUT2D eigenvalue weighted by Gasteiger charge is -2.34. The van der Waals surface area contributed by atoms with Crippen molar-refractivity contribution in [1.82, 2.24) is 10.2 Å². The van der Waals surface area contributed by atoms with Gasteiger partial charge >= 0.3 is 0 Å². The fraction of sp³-hybridized carbons (Fsp3) is 0.417. The minimum Gasteiger partial charge on any atom is -0.352 e. The van der Waals surface area contributed by atoms with Crippen LogP contribution in [0.1, 0.15) is 39.2 Å². The van der Waals surface area contributed by atoms with Gasteiger partial charge in [0.1, 0.15) is 12.6 Å². The molecule has 2 rings (SSSR count). The maximum Gasteiger partial charge on any atom is 0.244 e. The Hall–Kier alpha value is -1.71. The van der Waals surface area contributed by atoms with E-state index in [1.807, 2.05) is 13.8 Å². The average molecular weight is 597 g/mol. The van der Waals surface area contributed by atoms with Gasteiger partial charge in [0.15, 0.2) is 0 Å². The number of hydrogen-bond acceptors (Lipinski definition) is 4. The Morgan fingerprint density at radius 3 is 2.11 bits per heavy atom. The standard InChI is InChI=1S/C24H29Cl4N3O4S/c1-5-15(3)29-24(33)21(6-2)30(13-17-18(26)8-7-9-19(17)27)23(32)14-31(36(4,34)35)22-12-16(25)10-11-20(22)28/h7-12,15,21H,5-6,13-14H2,1-4H3,(H,29,33). The van der Waals surface area contributed by atoms with Gasteiger partial charge in [0.25, 0.3) is 0 Å². The Morgan fingerprint density at radius 1 is 0.972 bits per heavy atom. The lowest BCUT2D eigenvalue weighted by molar-refractivity contribution is -0.140. The number of halogens is 4. The van der Waals surface area contributed by atoms with Crippen molar-refractivity contribution in [3.8, 4) is 0 Å². The number of nitrogens with one attached hydrogen (secondary N) is 1. The predicted octanol–water partition coefficient (Wildman–Crippen LogP) is 5.79. The Labute approximate surface area is 232 Å². The topological polar surface area (TPSA) is 86.8 Å². The third kappa shape index (κ3) is 7.89. The van der Waals surface area contributed by atoms with E-state index >= 15 is 0 Å². The van der Waals surface area contributed by atoms with Gasteiger partial charge in [-0.15, -0.1) is 0 Å². The van der Waals surface area contributed by atoms with E-state index in [1.54, 1.807) is 25.1 Å². The quantitative estimate of drug-likeness (QED) is 0.356. The minimum atomic E-state index is -3.96. The molecule has 0 radical (unpaired) electrons. The van der Waals surface area contributed by atoms with Crippen LogP contribution in [0.4, 0.5) is 5.69 Å². The Morgan fingerprint density at radius 2 is 1.58 bits per heavy atom. The largest absolute Gasteiger partial charge is 0.352 e. The van der Waals surface area contributed by atoms with Gasteiger partial charge in [0.2, 0.25) is 21.8 Å². The van der Waals surface area contributed by atoms with Crippen LogP contribution < -0.4 is 9.62 Å². The van der Waals surface area contributed by atoms with Crippen LogP contribution in [0.3, 0.4) is 0 Å². The normalized spacial score (nSPS) is 13.1. The van der Waals surface area contributed by atoms with E-state index in [0.717, 1.165) is 10.6 Å². The molecule has 2 aromatic carbocycles. The summed E-state index contributed by atoms with van der Waals surface area (Å²) in [6.07, 6.45) is 1.92. The van der Waals surface area contributed by atoms with E-state index in [4.69, 9.17) is 46.4 Å². The van der Waals surface area contributed by atoms with Crippen LogP contribution >= 0.6 is 46.4 Å². The number of benzene rings is 2. The summed E-state index contributed by atoms with van der Waals surface area (Å²) in [5.74, 6) is -1.01. The van der Waals surface area contributed by atoms with Gasteiger partial charge in [-0.1, -0.05) is 66.3 Å². The van der Waals surface area contributed by atoms with Crippen LogP contribution in [-0.4, -0.2) is 50.0 Å². The van der Waals surface area contributed by atoms with E-state index in [-0.39, 0.29) is 40.6 Å². The molecule has 36 heavy (non-hydrogen) atoms. The lowest BCUT2D eigenvalue weighted by Crippen LogP contribution is -2.53. The molecule has 2 amide bonds. The second-order valence-electron chi connectivity index (χ2n) is 8.33. The number of anilines is 1. The van der Waals surface area contributed by atoms with Gasteiger partial charge < -0.3 is 10.2 Å². The highest BCUT2D eigenvalue weighted by atomic mass is 35.5. The molecule has 198 valence electrons. The molecule has 1 N–H and O–H groups in total. The van der Waals surface area contributed by atoms with E-state index in [2.05, 4.69) is 5.32 Å². The number of nitrogens with zero attached hydrogens (tertiary/aromatic N) is 2. The van der Waals surface area contributed by atoms with Crippen LogP contribution in [-0.2, 0) is 26.2 Å². The van der Waals surface area contributed by atoms with Crippen molar-refractivity contribution in [2.75, 3.05) is 17.1 Å². The molecule has 0 aliphatic rings. The zero-order chi connectivity index (χ0) is 27.2. The average Bonchev–Trinajstić information content (AvgIpc) is 2.79. The van der Waals surface area contributed by atoms with Crippen LogP contribution in [0.25, 0.3) is 0 Å². The molecule has 7 nitrogen and oxygen atoms in total. The molecule has 12 heteroatoms. The number of carbonyl (C=O) groups excluding carboxylic acids is 2. The lowest BCUT2D eigenvalue weighted by atomic mass is 10.1. The zero-order valence-corrected chi connectivity index (χ0v) is 24.2. The van der Waals surface area contributed by atoms with Crippen LogP contribution in [0.2, 0.25) is 20.1 Å². The van der Waals surface area contributed by atoms with Crippen LogP contribution in [0, 0.1) is 0 Å². The number of amides is 2. The predicted molar refractivity (Wildman–Crippen MR) is 148 cm³/mol. The molecule has 0 fully saturated rings. The Balaban J connectivity index is 2.55. The van der Waals surface area contributed by atoms with E-state index in [1.165, 1.54) is 23.1 Å². The maximum atomic E-state index is 13.7. The fourth-order valence-electron chi connectivity index (χ4n) is 3.49. The highest BCUT2D eigenvalue weighted by molar-refractivity contribution is 7.92. The minimum absolute atomic E-state index is 0.0489. The van der Waals surface area contributed by atoms with Crippen LogP contribution in [0.5, 0.6) is 0 Å². The first-order valence-corrected chi connectivity index (χ1v) is 14.6. The first-order valence-electron chi connectivity index (χ1n) is 11.3. The van der Waals surface area contributed by atoms with Crippen LogP contribution in [0.15, 0.2) is 36.4 Å². The summed E-state index contributed by atoms with van der Waals surface area (Å²) >= 11 is 25.1. The molecule has 0 saturated carbocycles. The van der Waals surface area contributed by atoms with Crippen molar-refractivity contribution in [2.24, 2.45) is 0 Å². The summed E-state index contributed by atoms with van der Waals surface area (Å²) < 4.78 is 26.3. The molecule has 2 atom stereocenters. The van der Waals surface area contributed by atoms with Crippen molar-refractivity contribution in [3.05, 3.63) is 62.1 Å². The molecule has 0 bridgehead atoms. The van der Waals surface area contributed by atoms with Gasteiger partial charge in [0, 0.05) is 33.2 Å². The number of carbonyl (C=O) groups is 2.